The molecule has 2 aromatic heterocycles. The highest BCUT2D eigenvalue weighted by molar-refractivity contribution is 7.11. The van der Waals surface area contributed by atoms with Gasteiger partial charge in [-0.25, -0.2) is 4.79 Å². The van der Waals surface area contributed by atoms with Crippen LogP contribution in [0.2, 0.25) is 0 Å². The summed E-state index contributed by atoms with van der Waals surface area (Å²) in [5.74, 6) is -0.912. The van der Waals surface area contributed by atoms with Crippen molar-refractivity contribution in [2.24, 2.45) is 0 Å². The highest BCUT2D eigenvalue weighted by Crippen LogP contribution is 2.28. The van der Waals surface area contributed by atoms with Crippen molar-refractivity contribution in [2.75, 3.05) is 0 Å². The van der Waals surface area contributed by atoms with Gasteiger partial charge in [0.2, 0.25) is 0 Å². The fourth-order valence-corrected chi connectivity index (χ4v) is 2.69. The maximum Gasteiger partial charge on any atom is 0.328 e. The Morgan fingerprint density at radius 1 is 1.33 bits per heavy atom. The fraction of sp³-hybridized carbons (Fsp3) is 0. The first kappa shape index (κ1) is 10.1. The van der Waals surface area contributed by atoms with Crippen LogP contribution in [-0.2, 0) is 4.79 Å². The molecule has 0 fully saturated rings. The van der Waals surface area contributed by atoms with Gasteiger partial charge < -0.3 is 5.11 Å². The van der Waals surface area contributed by atoms with Crippen LogP contribution in [0.25, 0.3) is 5.57 Å². The zero-order valence-corrected chi connectivity index (χ0v) is 9.35. The lowest BCUT2D eigenvalue weighted by molar-refractivity contribution is -0.131. The van der Waals surface area contributed by atoms with Gasteiger partial charge in [-0.05, 0) is 33.8 Å². The van der Waals surface area contributed by atoms with Gasteiger partial charge in [0.15, 0.2) is 0 Å². The first-order chi connectivity index (χ1) is 7.27. The Morgan fingerprint density at radius 2 is 2.20 bits per heavy atom. The van der Waals surface area contributed by atoms with Crippen LogP contribution in [0.3, 0.4) is 0 Å². The smallest absolute Gasteiger partial charge is 0.328 e. The van der Waals surface area contributed by atoms with E-state index in [1.165, 1.54) is 6.08 Å². The molecule has 0 saturated heterocycles. The number of carboxylic acid groups (broad SMARTS) is 1. The second-order valence-corrected chi connectivity index (χ2v) is 4.61. The lowest BCUT2D eigenvalue weighted by Crippen LogP contribution is -1.91. The molecule has 2 aromatic rings. The zero-order chi connectivity index (χ0) is 10.7. The molecule has 15 heavy (non-hydrogen) atoms. The van der Waals surface area contributed by atoms with Crippen LogP contribution < -0.4 is 0 Å². The van der Waals surface area contributed by atoms with Crippen molar-refractivity contribution in [3.05, 3.63) is 50.9 Å². The number of carbonyl (C=O) groups is 1. The van der Waals surface area contributed by atoms with Crippen molar-refractivity contribution in [3.63, 3.8) is 0 Å². The Labute approximate surface area is 95.1 Å². The number of thiophene rings is 2. The first-order valence-electron chi connectivity index (χ1n) is 4.28. The summed E-state index contributed by atoms with van der Waals surface area (Å²) in [5.41, 5.74) is 1.74. The molecular weight excluding hydrogens is 228 g/mol. The minimum absolute atomic E-state index is 0.777. The predicted octanol–water partition coefficient (Wildman–Crippen LogP) is 3.33. The van der Waals surface area contributed by atoms with Gasteiger partial charge >= 0.3 is 5.97 Å². The Bertz CT molecular complexity index is 430. The summed E-state index contributed by atoms with van der Waals surface area (Å²) in [6.45, 7) is 0. The molecule has 76 valence electrons. The molecule has 0 amide bonds. The molecule has 4 heteroatoms. The third-order valence-electron chi connectivity index (χ3n) is 1.89. The standard InChI is InChI=1S/C11H8O2S2/c12-11(13)6-9(8-3-5-14-7-8)10-2-1-4-15-10/h1-7H,(H,12,13). The normalized spacial score (nSPS) is 11.6. The average molecular weight is 236 g/mol. The van der Waals surface area contributed by atoms with Crippen LogP contribution in [0.4, 0.5) is 0 Å². The number of aliphatic carboxylic acids is 1. The lowest BCUT2D eigenvalue weighted by Gasteiger charge is -2.00. The van der Waals surface area contributed by atoms with E-state index in [1.807, 2.05) is 34.3 Å². The molecule has 2 rings (SSSR count). The number of rotatable bonds is 3. The second-order valence-electron chi connectivity index (χ2n) is 2.89. The third-order valence-corrected chi connectivity index (χ3v) is 3.47. The average Bonchev–Trinajstić information content (AvgIpc) is 2.87. The van der Waals surface area contributed by atoms with Gasteiger partial charge in [-0.2, -0.15) is 11.3 Å². The van der Waals surface area contributed by atoms with E-state index in [0.29, 0.717) is 0 Å². The van der Waals surface area contributed by atoms with Crippen LogP contribution in [-0.4, -0.2) is 11.1 Å². The van der Waals surface area contributed by atoms with Crippen LogP contribution in [0.5, 0.6) is 0 Å². The largest absolute Gasteiger partial charge is 0.478 e. The van der Waals surface area contributed by atoms with Crippen molar-refractivity contribution < 1.29 is 9.90 Å². The SMILES string of the molecule is O=C(O)C=C(c1ccsc1)c1cccs1. The lowest BCUT2D eigenvalue weighted by atomic mass is 10.1. The number of hydrogen-bond acceptors (Lipinski definition) is 3. The zero-order valence-electron chi connectivity index (χ0n) is 7.71. The van der Waals surface area contributed by atoms with Crippen molar-refractivity contribution in [1.82, 2.24) is 0 Å². The summed E-state index contributed by atoms with van der Waals surface area (Å²) < 4.78 is 0. The Kier molecular flexibility index (Phi) is 2.99. The van der Waals surface area contributed by atoms with E-state index in [2.05, 4.69) is 0 Å². The molecule has 0 aliphatic rings. The molecule has 0 radical (unpaired) electrons. The van der Waals surface area contributed by atoms with Gasteiger partial charge in [-0.1, -0.05) is 6.07 Å². The highest BCUT2D eigenvalue weighted by Gasteiger charge is 2.08. The first-order valence-corrected chi connectivity index (χ1v) is 6.10. The van der Waals surface area contributed by atoms with Crippen LogP contribution in [0.15, 0.2) is 40.4 Å². The van der Waals surface area contributed by atoms with Crippen molar-refractivity contribution >= 4 is 34.2 Å². The van der Waals surface area contributed by atoms with Gasteiger partial charge in [-0.3, -0.25) is 0 Å². The van der Waals surface area contributed by atoms with Crippen LogP contribution in [0, 0.1) is 0 Å². The molecular formula is C11H8O2S2. The van der Waals surface area contributed by atoms with Crippen molar-refractivity contribution in [3.8, 4) is 0 Å². The fourth-order valence-electron chi connectivity index (χ4n) is 1.27. The molecule has 2 heterocycles. The molecule has 0 aromatic carbocycles. The molecule has 0 aliphatic heterocycles. The maximum absolute atomic E-state index is 10.7. The van der Waals surface area contributed by atoms with Crippen LogP contribution >= 0.6 is 22.7 Å². The van der Waals surface area contributed by atoms with Gasteiger partial charge in [0.1, 0.15) is 0 Å². The van der Waals surface area contributed by atoms with E-state index in [0.717, 1.165) is 16.0 Å². The topological polar surface area (TPSA) is 37.3 Å². The van der Waals surface area contributed by atoms with E-state index < -0.39 is 5.97 Å². The maximum atomic E-state index is 10.7. The summed E-state index contributed by atoms with van der Waals surface area (Å²) in [5, 5.41) is 14.7. The predicted molar refractivity (Wildman–Crippen MR) is 63.4 cm³/mol. The quantitative estimate of drug-likeness (QED) is 0.830. The molecule has 0 unspecified atom stereocenters. The number of carboxylic acids is 1. The van der Waals surface area contributed by atoms with Crippen LogP contribution in [0.1, 0.15) is 10.4 Å². The summed E-state index contributed by atoms with van der Waals surface area (Å²) in [4.78, 5) is 11.7. The molecule has 0 saturated carbocycles. The van der Waals surface area contributed by atoms with Gasteiger partial charge in [0, 0.05) is 16.5 Å². The van der Waals surface area contributed by atoms with Gasteiger partial charge in [0.05, 0.1) is 0 Å². The van der Waals surface area contributed by atoms with E-state index in [4.69, 9.17) is 5.11 Å². The second kappa shape index (κ2) is 4.42. The van der Waals surface area contributed by atoms with E-state index >= 15 is 0 Å². The monoisotopic (exact) mass is 236 g/mol. The van der Waals surface area contributed by atoms with Gasteiger partial charge in [-0.15, -0.1) is 11.3 Å². The minimum atomic E-state index is -0.912. The highest BCUT2D eigenvalue weighted by atomic mass is 32.1. The van der Waals surface area contributed by atoms with E-state index in [1.54, 1.807) is 22.7 Å². The van der Waals surface area contributed by atoms with Gasteiger partial charge in [0.25, 0.3) is 0 Å². The molecule has 0 spiro atoms. The summed E-state index contributed by atoms with van der Waals surface area (Å²) in [6, 6.07) is 5.78. The summed E-state index contributed by atoms with van der Waals surface area (Å²) in [7, 11) is 0. The molecule has 0 atom stereocenters. The molecule has 0 bridgehead atoms. The summed E-state index contributed by atoms with van der Waals surface area (Å²) in [6.07, 6.45) is 1.26. The molecule has 1 N–H and O–H groups in total. The van der Waals surface area contributed by atoms with Crippen molar-refractivity contribution in [2.45, 2.75) is 0 Å². The van der Waals surface area contributed by atoms with E-state index in [-0.39, 0.29) is 0 Å². The molecule has 2 nitrogen and oxygen atoms in total. The Morgan fingerprint density at radius 3 is 2.73 bits per heavy atom. The third kappa shape index (κ3) is 2.34. The van der Waals surface area contributed by atoms with E-state index in [9.17, 15) is 4.79 Å². The summed E-state index contributed by atoms with van der Waals surface area (Å²) >= 11 is 3.11. The van der Waals surface area contributed by atoms with Crippen molar-refractivity contribution in [1.29, 1.82) is 0 Å². The minimum Gasteiger partial charge on any atom is -0.478 e. The number of hydrogen-bond donors (Lipinski definition) is 1. The molecule has 0 aliphatic carbocycles. The Balaban J connectivity index is 2.47. The Hall–Kier alpha value is -1.39.